The van der Waals surface area contributed by atoms with E-state index in [1.54, 1.807) is 0 Å². The second-order valence-corrected chi connectivity index (χ2v) is 8.27. The van der Waals surface area contributed by atoms with Crippen LogP contribution < -0.4 is 5.09 Å². The molecule has 0 bridgehead atoms. The number of ether oxygens (including phenoxy) is 2. The van der Waals surface area contributed by atoms with Gasteiger partial charge in [-0.2, -0.15) is 0 Å². The van der Waals surface area contributed by atoms with Crippen molar-refractivity contribution >= 4 is 24.5 Å². The molecular formula is C17H30BrN2O4P. The van der Waals surface area contributed by atoms with Crippen LogP contribution in [0.2, 0.25) is 0 Å². The van der Waals surface area contributed by atoms with Crippen molar-refractivity contribution in [3.63, 3.8) is 0 Å². The molecule has 0 amide bonds. The van der Waals surface area contributed by atoms with E-state index in [1.807, 2.05) is 0 Å². The highest BCUT2D eigenvalue weighted by molar-refractivity contribution is 9.09. The molecule has 1 N–H and O–H groups in total. The number of hydrogen-bond acceptors (Lipinski definition) is 5. The Balaban J connectivity index is 2.05. The van der Waals surface area contributed by atoms with Gasteiger partial charge in [-0.3, -0.25) is 0 Å². The highest BCUT2D eigenvalue weighted by atomic mass is 79.9. The highest BCUT2D eigenvalue weighted by Gasteiger charge is 2.36. The van der Waals surface area contributed by atoms with Crippen molar-refractivity contribution in [1.29, 1.82) is 0 Å². The fourth-order valence-corrected chi connectivity index (χ4v) is 4.61. The zero-order valence-electron chi connectivity index (χ0n) is 17.6. The average molecular weight is 442 g/mol. The molecule has 25 heavy (non-hydrogen) atoms. The molecule has 8 heteroatoms. The van der Waals surface area contributed by atoms with Crippen LogP contribution in [0.25, 0.3) is 4.85 Å². The van der Waals surface area contributed by atoms with E-state index in [9.17, 15) is 0 Å². The van der Waals surface area contributed by atoms with Gasteiger partial charge < -0.3 is 23.4 Å². The second-order valence-electron chi connectivity index (χ2n) is 6.24. The third-order valence-electron chi connectivity index (χ3n) is 4.26. The summed E-state index contributed by atoms with van der Waals surface area (Å²) >= 11 is 3.47. The summed E-state index contributed by atoms with van der Waals surface area (Å²) in [4.78, 5) is 3.32. The van der Waals surface area contributed by atoms with E-state index < -0.39 is 27.8 Å². The fourth-order valence-electron chi connectivity index (χ4n) is 2.83. The first kappa shape index (κ1) is 17.3. The van der Waals surface area contributed by atoms with Gasteiger partial charge in [-0.05, 0) is 38.5 Å². The summed E-state index contributed by atoms with van der Waals surface area (Å²) in [6.07, 6.45) is 1.95. The molecule has 2 unspecified atom stereocenters. The smallest absolute Gasteiger partial charge is 0.256 e. The molecule has 0 aromatic heterocycles. The van der Waals surface area contributed by atoms with E-state index in [1.165, 1.54) is 0 Å². The van der Waals surface area contributed by atoms with Gasteiger partial charge in [-0.15, -0.1) is 0 Å². The Bertz CT molecular complexity index is 508. The summed E-state index contributed by atoms with van der Waals surface area (Å²) in [7, 11) is -1.54. The number of hydrogen-bond donors (Lipinski definition) is 1. The number of nitrogens with zero attached hydrogens (tertiary/aromatic N) is 1. The monoisotopic (exact) mass is 441 g/mol. The van der Waals surface area contributed by atoms with Crippen molar-refractivity contribution in [3.05, 3.63) is 11.4 Å². The Morgan fingerprint density at radius 2 is 2.36 bits per heavy atom. The zero-order chi connectivity index (χ0) is 20.5. The van der Waals surface area contributed by atoms with Crippen molar-refractivity contribution in [2.24, 2.45) is 5.92 Å². The first-order chi connectivity index (χ1) is 13.5. The van der Waals surface area contributed by atoms with Crippen molar-refractivity contribution in [1.82, 2.24) is 5.09 Å². The molecular weight excluding hydrogens is 407 g/mol. The van der Waals surface area contributed by atoms with Crippen LogP contribution >= 0.6 is 24.5 Å². The molecule has 0 spiro atoms. The minimum absolute atomic E-state index is 0.0293. The lowest BCUT2D eigenvalue weighted by atomic mass is 9.95. The molecule has 2 fully saturated rings. The van der Waals surface area contributed by atoms with Crippen LogP contribution in [-0.4, -0.2) is 56.0 Å². The Hall–Kier alpha value is 0.200. The van der Waals surface area contributed by atoms with Gasteiger partial charge in [0.2, 0.25) is 6.54 Å². The summed E-state index contributed by atoms with van der Waals surface area (Å²) in [6, 6.07) is -0.0366. The third-order valence-corrected chi connectivity index (χ3v) is 6.24. The molecule has 8 atom stereocenters. The van der Waals surface area contributed by atoms with Crippen LogP contribution in [-0.2, 0) is 18.5 Å². The molecule has 0 radical (unpaired) electrons. The molecule has 0 aromatic rings. The van der Waals surface area contributed by atoms with Crippen LogP contribution in [0.4, 0.5) is 0 Å². The van der Waals surface area contributed by atoms with Crippen LogP contribution in [0.5, 0.6) is 0 Å². The number of alkyl halides is 1. The minimum atomic E-state index is -1.54. The maximum Gasteiger partial charge on any atom is 0.256 e. The minimum Gasteiger partial charge on any atom is -0.376 e. The van der Waals surface area contributed by atoms with E-state index in [2.05, 4.69) is 32.8 Å². The van der Waals surface area contributed by atoms with Gasteiger partial charge in [-0.1, -0.05) is 22.9 Å². The van der Waals surface area contributed by atoms with Crippen LogP contribution in [0.15, 0.2) is 0 Å². The van der Waals surface area contributed by atoms with Crippen LogP contribution in [0.1, 0.15) is 43.6 Å². The predicted molar refractivity (Wildman–Crippen MR) is 103 cm³/mol. The molecule has 2 heterocycles. The average Bonchev–Trinajstić information content (AvgIpc) is 3.19. The van der Waals surface area contributed by atoms with Gasteiger partial charge in [0, 0.05) is 25.9 Å². The summed E-state index contributed by atoms with van der Waals surface area (Å²) in [5.41, 5.74) is 0. The Labute approximate surface area is 165 Å². The van der Waals surface area contributed by atoms with E-state index >= 15 is 0 Å². The van der Waals surface area contributed by atoms with Gasteiger partial charge in [0.05, 0.1) is 21.1 Å². The van der Waals surface area contributed by atoms with E-state index in [0.29, 0.717) is 12.8 Å². The maximum atomic E-state index is 7.93. The van der Waals surface area contributed by atoms with E-state index in [4.69, 9.17) is 29.2 Å². The summed E-state index contributed by atoms with van der Waals surface area (Å²) in [5, 5.41) is 4.30. The van der Waals surface area contributed by atoms with Gasteiger partial charge in [0.15, 0.2) is 0 Å². The first-order valence-electron chi connectivity index (χ1n) is 10.5. The predicted octanol–water partition coefficient (Wildman–Crippen LogP) is 3.90. The maximum absolute atomic E-state index is 7.93. The summed E-state index contributed by atoms with van der Waals surface area (Å²) in [5.74, 6) is 0.254. The van der Waals surface area contributed by atoms with Gasteiger partial charge >= 0.3 is 0 Å². The molecule has 2 saturated heterocycles. The molecule has 0 aliphatic carbocycles. The molecule has 2 aliphatic heterocycles. The van der Waals surface area contributed by atoms with Crippen molar-refractivity contribution in [3.8, 4) is 0 Å². The van der Waals surface area contributed by atoms with E-state index in [0.717, 1.165) is 18.2 Å². The third kappa shape index (κ3) is 7.03. The van der Waals surface area contributed by atoms with Crippen molar-refractivity contribution in [2.45, 2.75) is 63.9 Å². The molecule has 6 nitrogen and oxygen atoms in total. The largest absolute Gasteiger partial charge is 0.376 e. The topological polar surface area (TPSA) is 53.3 Å². The molecule has 144 valence electrons. The van der Waals surface area contributed by atoms with Crippen LogP contribution in [0.3, 0.4) is 0 Å². The Kier molecular flexibility index (Phi) is 8.18. The fraction of sp³-hybridized carbons (Fsp3) is 0.941. The normalized spacial score (nSPS) is 39.3. The van der Waals surface area contributed by atoms with Gasteiger partial charge in [0.25, 0.3) is 8.53 Å². The number of halogens is 1. The van der Waals surface area contributed by atoms with Crippen molar-refractivity contribution in [2.75, 3.05) is 31.6 Å². The summed E-state index contributed by atoms with van der Waals surface area (Å²) in [6.45, 7) is 8.37. The summed E-state index contributed by atoms with van der Waals surface area (Å²) < 4.78 is 46.6. The second kappa shape index (κ2) is 11.8. The first-order valence-corrected chi connectivity index (χ1v) is 11.0. The molecule has 2 rings (SSSR count). The molecule has 2 aliphatic rings. The van der Waals surface area contributed by atoms with Gasteiger partial charge in [0.1, 0.15) is 6.61 Å². The van der Waals surface area contributed by atoms with Crippen LogP contribution in [0, 0.1) is 12.5 Å². The highest BCUT2D eigenvalue weighted by Crippen LogP contribution is 2.41. The molecule has 0 saturated carbocycles. The van der Waals surface area contributed by atoms with Crippen molar-refractivity contribution < 1.29 is 22.6 Å². The zero-order valence-corrected chi connectivity index (χ0v) is 17.1. The molecule has 0 aromatic carbocycles. The number of nitrogens with one attached hydrogen (secondary N) is 1. The lowest BCUT2D eigenvalue weighted by molar-refractivity contribution is 0.0519. The lowest BCUT2D eigenvalue weighted by Gasteiger charge is -2.31. The quantitative estimate of drug-likeness (QED) is 0.228. The number of rotatable bonds is 11. The SMILES string of the molecule is [2H]C[C@H]1O[C@H]([3H])C[C@@H]1OP(NC(CCCBr)[C@H]1O[C@H]([3H])C[C@@H]1C)OCC[N+]#[C-]. The van der Waals surface area contributed by atoms with E-state index in [-0.39, 0.29) is 44.2 Å². The Morgan fingerprint density at radius 3 is 3.04 bits per heavy atom. The lowest BCUT2D eigenvalue weighted by Crippen LogP contribution is -2.41. The standard InChI is InChI=1S/C17H30BrN2O4P/c1-13-6-10-22-17(13)15(5-4-8-18)20-25(23-12-9-19-3)24-16-7-11-21-14(16)2/h13-17,20H,4-12H2,1-2H3/t13-,14+,15?,16-,17-,25?/m0/s1/i2D,10T,11T/t10-,11-,13+,14-,15?,16+,17+,25?/m1. The Morgan fingerprint density at radius 1 is 1.52 bits per heavy atom. The van der Waals surface area contributed by atoms with Gasteiger partial charge in [-0.25, -0.2) is 11.7 Å².